The zero-order valence-corrected chi connectivity index (χ0v) is 19.6. The largest absolute Gasteiger partial charge is 0.323 e. The molecular weight excluding hydrogens is 466 g/mol. The van der Waals surface area contributed by atoms with Gasteiger partial charge < -0.3 is 5.32 Å². The molecule has 1 aromatic heterocycles. The summed E-state index contributed by atoms with van der Waals surface area (Å²) in [5.41, 5.74) is 0.493. The Morgan fingerprint density at radius 2 is 1.84 bits per heavy atom. The average molecular weight is 488 g/mol. The maximum absolute atomic E-state index is 12.6. The van der Waals surface area contributed by atoms with Crippen LogP contribution in [0.4, 0.5) is 5.69 Å². The van der Waals surface area contributed by atoms with Crippen LogP contribution in [0.25, 0.3) is 16.2 Å². The minimum absolute atomic E-state index is 0.120. The highest BCUT2D eigenvalue weighted by Crippen LogP contribution is 2.35. The lowest BCUT2D eigenvalue weighted by molar-refractivity contribution is -0.111. The summed E-state index contributed by atoms with van der Waals surface area (Å²) in [5.74, 6) is 0.171. The van der Waals surface area contributed by atoms with E-state index in [1.165, 1.54) is 29.5 Å². The normalized spacial score (nSPS) is 14.8. The van der Waals surface area contributed by atoms with Crippen molar-refractivity contribution in [1.29, 1.82) is 0 Å². The topological polar surface area (TPSA) is 87.6 Å². The van der Waals surface area contributed by atoms with Crippen LogP contribution in [0, 0.1) is 0 Å². The highest BCUT2D eigenvalue weighted by Gasteiger charge is 2.17. The molecule has 0 fully saturated rings. The fourth-order valence-corrected chi connectivity index (χ4v) is 5.85. The molecule has 2 aromatic carbocycles. The first-order valence-corrected chi connectivity index (χ1v) is 12.9. The first kappa shape index (κ1) is 22.5. The van der Waals surface area contributed by atoms with E-state index in [2.05, 4.69) is 15.0 Å². The number of aliphatic imine (C=N–C) groups is 1. The number of halogens is 1. The van der Waals surface area contributed by atoms with Gasteiger partial charge in [0.2, 0.25) is 5.91 Å². The molecule has 0 saturated heterocycles. The Morgan fingerprint density at radius 3 is 2.62 bits per heavy atom. The van der Waals surface area contributed by atoms with Gasteiger partial charge in [-0.2, -0.15) is 0 Å². The molecule has 0 spiro atoms. The molecule has 0 atom stereocenters. The van der Waals surface area contributed by atoms with Crippen molar-refractivity contribution in [2.45, 2.75) is 30.6 Å². The van der Waals surface area contributed by atoms with E-state index in [4.69, 9.17) is 11.6 Å². The zero-order chi connectivity index (χ0) is 22.6. The molecular formula is C23H22ClN3O3S2. The number of carbonyl (C=O) groups excluding carboxylic acids is 1. The van der Waals surface area contributed by atoms with Gasteiger partial charge in [0.15, 0.2) is 0 Å². The molecule has 2 N–H and O–H groups in total. The molecule has 0 radical (unpaired) electrons. The Morgan fingerprint density at radius 1 is 1.06 bits per heavy atom. The molecule has 0 saturated carbocycles. The number of hydrogen-bond acceptors (Lipinski definition) is 5. The van der Waals surface area contributed by atoms with Crippen LogP contribution in [0.1, 0.15) is 30.6 Å². The van der Waals surface area contributed by atoms with Crippen LogP contribution < -0.4 is 10.0 Å². The van der Waals surface area contributed by atoms with Gasteiger partial charge in [-0.1, -0.05) is 36.2 Å². The monoisotopic (exact) mass is 487 g/mol. The molecule has 0 unspecified atom stereocenters. The summed E-state index contributed by atoms with van der Waals surface area (Å²) >= 11 is 7.91. The van der Waals surface area contributed by atoms with E-state index in [0.717, 1.165) is 34.2 Å². The minimum Gasteiger partial charge on any atom is -0.323 e. The van der Waals surface area contributed by atoms with Gasteiger partial charge in [-0.3, -0.25) is 14.5 Å². The fraction of sp³-hybridized carbons (Fsp3) is 0.217. The summed E-state index contributed by atoms with van der Waals surface area (Å²) in [6.07, 6.45) is 6.66. The number of anilines is 1. The van der Waals surface area contributed by atoms with Gasteiger partial charge in [0.1, 0.15) is 5.84 Å². The molecule has 6 nitrogen and oxygen atoms in total. The lowest BCUT2D eigenvalue weighted by atomic mass is 10.2. The van der Waals surface area contributed by atoms with Crippen molar-refractivity contribution in [3.63, 3.8) is 0 Å². The van der Waals surface area contributed by atoms with E-state index >= 15 is 0 Å². The van der Waals surface area contributed by atoms with Gasteiger partial charge in [-0.05, 0) is 49.2 Å². The number of sulfonamides is 1. The molecule has 0 bridgehead atoms. The molecule has 166 valence electrons. The van der Waals surface area contributed by atoms with Crippen LogP contribution in [0.15, 0.2) is 64.5 Å². The number of nitrogens with zero attached hydrogens (tertiary/aromatic N) is 1. The fourth-order valence-electron chi connectivity index (χ4n) is 3.36. The Labute approximate surface area is 196 Å². The molecule has 32 heavy (non-hydrogen) atoms. The van der Waals surface area contributed by atoms with Crippen molar-refractivity contribution in [3.05, 3.63) is 64.5 Å². The van der Waals surface area contributed by atoms with Crippen LogP contribution in [-0.2, 0) is 14.8 Å². The summed E-state index contributed by atoms with van der Waals surface area (Å²) in [4.78, 5) is 17.5. The van der Waals surface area contributed by atoms with Crippen LogP contribution >= 0.6 is 22.9 Å². The summed E-state index contributed by atoms with van der Waals surface area (Å²) in [6, 6.07) is 13.8. The Hall–Kier alpha value is -2.68. The van der Waals surface area contributed by atoms with E-state index in [-0.39, 0.29) is 10.8 Å². The number of carbonyl (C=O) groups is 1. The maximum atomic E-state index is 12.6. The second-order valence-electron chi connectivity index (χ2n) is 7.37. The van der Waals surface area contributed by atoms with Crippen LogP contribution in [0.5, 0.6) is 0 Å². The van der Waals surface area contributed by atoms with E-state index in [0.29, 0.717) is 29.5 Å². The second-order valence-corrected chi connectivity index (χ2v) is 10.5. The quantitative estimate of drug-likeness (QED) is 0.468. The van der Waals surface area contributed by atoms with Gasteiger partial charge >= 0.3 is 0 Å². The average Bonchev–Trinajstić information content (AvgIpc) is 2.92. The van der Waals surface area contributed by atoms with Gasteiger partial charge in [-0.15, -0.1) is 11.3 Å². The maximum Gasteiger partial charge on any atom is 0.262 e. The number of rotatable bonds is 5. The summed E-state index contributed by atoms with van der Waals surface area (Å²) < 4.78 is 28.9. The summed E-state index contributed by atoms with van der Waals surface area (Å²) in [5, 5.41) is 4.31. The van der Waals surface area contributed by atoms with E-state index in [1.807, 2.05) is 24.3 Å². The number of nitrogens with one attached hydrogen (secondary N) is 2. The van der Waals surface area contributed by atoms with Crippen molar-refractivity contribution in [3.8, 4) is 0 Å². The third kappa shape index (κ3) is 5.38. The first-order valence-electron chi connectivity index (χ1n) is 10.2. The molecule has 1 aliphatic rings. The summed E-state index contributed by atoms with van der Waals surface area (Å²) in [6.45, 7) is 0.642. The molecule has 9 heteroatoms. The van der Waals surface area contributed by atoms with Crippen LogP contribution in [-0.4, -0.2) is 26.7 Å². The lowest BCUT2D eigenvalue weighted by Crippen LogP contribution is -2.30. The number of fused-ring (bicyclic) bond motifs is 1. The molecule has 4 rings (SSSR count). The Balaban J connectivity index is 1.40. The van der Waals surface area contributed by atoms with E-state index in [9.17, 15) is 13.2 Å². The zero-order valence-electron chi connectivity index (χ0n) is 17.2. The van der Waals surface area contributed by atoms with Crippen molar-refractivity contribution in [2.24, 2.45) is 4.99 Å². The number of thiophene rings is 1. The number of amidine groups is 1. The van der Waals surface area contributed by atoms with Crippen molar-refractivity contribution in [2.75, 3.05) is 11.9 Å². The Bertz CT molecular complexity index is 1300. The predicted molar refractivity (Wildman–Crippen MR) is 132 cm³/mol. The van der Waals surface area contributed by atoms with Crippen LogP contribution in [0.3, 0.4) is 0 Å². The minimum atomic E-state index is -3.71. The molecule has 0 aliphatic carbocycles. The van der Waals surface area contributed by atoms with Gasteiger partial charge in [0, 0.05) is 39.7 Å². The van der Waals surface area contributed by atoms with Crippen molar-refractivity contribution < 1.29 is 13.2 Å². The molecule has 1 amide bonds. The smallest absolute Gasteiger partial charge is 0.262 e. The standard InChI is InChI=1S/C23H22ClN3O3S2/c24-23-18-6-3-4-7-19(18)31-20(23)13-14-22(28)26-16-9-11-17(12-10-16)32(29,30)27-21-8-2-1-5-15-25-21/h3-4,6-7,9-14H,1-2,5,8,15H2,(H,25,27)(H,26,28)/b14-13+. The first-order chi connectivity index (χ1) is 15.4. The SMILES string of the molecule is O=C(/C=C/c1sc2ccccc2c1Cl)Nc1ccc(S(=O)(=O)NC2=NCCCCC2)cc1. The predicted octanol–water partition coefficient (Wildman–Crippen LogP) is 5.46. The third-order valence-corrected chi connectivity index (χ3v) is 8.06. The number of hydrogen-bond donors (Lipinski definition) is 2. The highest BCUT2D eigenvalue weighted by atomic mass is 35.5. The Kier molecular flexibility index (Phi) is 6.93. The van der Waals surface area contributed by atoms with E-state index < -0.39 is 10.0 Å². The van der Waals surface area contributed by atoms with Crippen LogP contribution in [0.2, 0.25) is 5.02 Å². The molecule has 3 aromatic rings. The van der Waals surface area contributed by atoms with Gasteiger partial charge in [0.05, 0.1) is 9.92 Å². The third-order valence-electron chi connectivity index (χ3n) is 5.00. The number of benzene rings is 2. The van der Waals surface area contributed by atoms with Crippen molar-refractivity contribution in [1.82, 2.24) is 4.72 Å². The molecule has 1 aliphatic heterocycles. The summed E-state index contributed by atoms with van der Waals surface area (Å²) in [7, 11) is -3.71. The highest BCUT2D eigenvalue weighted by molar-refractivity contribution is 7.90. The number of amides is 1. The molecule has 2 heterocycles. The van der Waals surface area contributed by atoms with Gasteiger partial charge in [0.25, 0.3) is 10.0 Å². The van der Waals surface area contributed by atoms with Gasteiger partial charge in [-0.25, -0.2) is 8.42 Å². The van der Waals surface area contributed by atoms with E-state index in [1.54, 1.807) is 18.2 Å². The lowest BCUT2D eigenvalue weighted by Gasteiger charge is -2.10. The second kappa shape index (κ2) is 9.85. The van der Waals surface area contributed by atoms with Crippen molar-refractivity contribution >= 4 is 66.6 Å².